The maximum atomic E-state index is 11.2. The predicted octanol–water partition coefficient (Wildman–Crippen LogP) is 0.962. The van der Waals surface area contributed by atoms with Crippen molar-refractivity contribution in [3.8, 4) is 0 Å². The molecule has 1 rings (SSSR count). The highest BCUT2D eigenvalue weighted by Gasteiger charge is 2.18. The first-order valence-corrected chi connectivity index (χ1v) is 6.84. The van der Waals surface area contributed by atoms with Gasteiger partial charge < -0.3 is 16.0 Å². The molecule has 0 radical (unpaired) electrons. The van der Waals surface area contributed by atoms with Crippen LogP contribution in [0, 0.1) is 5.92 Å². The third kappa shape index (κ3) is 5.50. The molecule has 1 amide bonds. The van der Waals surface area contributed by atoms with Crippen LogP contribution in [0.15, 0.2) is 0 Å². The Hall–Kier alpha value is -0.610. The molecule has 0 aromatic rings. The molecule has 1 unspecified atom stereocenters. The fraction of sp³-hybridized carbons (Fsp3) is 0.923. The minimum absolute atomic E-state index is 0.175. The highest BCUT2D eigenvalue weighted by Crippen LogP contribution is 2.25. The average Bonchev–Trinajstić information content (AvgIpc) is 2.76. The zero-order valence-corrected chi connectivity index (χ0v) is 11.2. The van der Waals surface area contributed by atoms with Crippen molar-refractivity contribution in [3.63, 3.8) is 0 Å². The molecule has 1 fully saturated rings. The van der Waals surface area contributed by atoms with Gasteiger partial charge in [-0.2, -0.15) is 0 Å². The van der Waals surface area contributed by atoms with E-state index >= 15 is 0 Å². The molecule has 17 heavy (non-hydrogen) atoms. The van der Waals surface area contributed by atoms with Crippen molar-refractivity contribution < 1.29 is 4.79 Å². The number of likely N-dealkylation sites (N-methyl/N-ethyl adjacent to an activating group) is 1. The third-order valence-electron chi connectivity index (χ3n) is 3.64. The molecular weight excluding hydrogens is 214 g/mol. The molecule has 0 bridgehead atoms. The van der Waals surface area contributed by atoms with Crippen molar-refractivity contribution >= 4 is 5.91 Å². The smallest absolute Gasteiger partial charge is 0.234 e. The molecule has 4 heteroatoms. The van der Waals surface area contributed by atoms with Crippen molar-refractivity contribution in [3.05, 3.63) is 0 Å². The highest BCUT2D eigenvalue weighted by molar-refractivity contribution is 5.79. The van der Waals surface area contributed by atoms with E-state index in [1.165, 1.54) is 25.7 Å². The van der Waals surface area contributed by atoms with Gasteiger partial charge in [-0.1, -0.05) is 19.8 Å². The quantitative estimate of drug-likeness (QED) is 0.665. The maximum absolute atomic E-state index is 11.2. The van der Waals surface area contributed by atoms with E-state index in [-0.39, 0.29) is 11.9 Å². The fourth-order valence-corrected chi connectivity index (χ4v) is 2.67. The molecule has 0 spiro atoms. The minimum Gasteiger partial charge on any atom is -0.368 e. The topological polar surface area (TPSA) is 58.4 Å². The lowest BCUT2D eigenvalue weighted by atomic mass is 10.1. The monoisotopic (exact) mass is 241 g/mol. The molecule has 1 saturated carbocycles. The van der Waals surface area contributed by atoms with Gasteiger partial charge in [-0.3, -0.25) is 4.79 Å². The normalized spacial score (nSPS) is 18.8. The highest BCUT2D eigenvalue weighted by atomic mass is 16.1. The van der Waals surface area contributed by atoms with E-state index in [1.807, 2.05) is 6.92 Å². The van der Waals surface area contributed by atoms with Crippen LogP contribution in [-0.2, 0) is 4.79 Å². The van der Waals surface area contributed by atoms with Crippen LogP contribution in [0.25, 0.3) is 0 Å². The van der Waals surface area contributed by atoms with E-state index < -0.39 is 0 Å². The van der Waals surface area contributed by atoms with Crippen molar-refractivity contribution in [1.29, 1.82) is 0 Å². The Balaban J connectivity index is 2.20. The van der Waals surface area contributed by atoms with E-state index in [4.69, 9.17) is 5.73 Å². The first kappa shape index (κ1) is 14.5. The van der Waals surface area contributed by atoms with Crippen LogP contribution >= 0.6 is 0 Å². The number of nitrogens with zero attached hydrogens (tertiary/aromatic N) is 1. The second-order valence-electron chi connectivity index (χ2n) is 5.21. The molecule has 0 saturated heterocycles. The van der Waals surface area contributed by atoms with Gasteiger partial charge in [0.1, 0.15) is 0 Å². The van der Waals surface area contributed by atoms with Gasteiger partial charge in [0.05, 0.1) is 6.04 Å². The number of carbonyl (C=O) groups excluding carboxylic acids is 1. The number of hydrogen-bond donors (Lipinski definition) is 2. The van der Waals surface area contributed by atoms with Crippen molar-refractivity contribution in [2.75, 3.05) is 26.7 Å². The summed E-state index contributed by atoms with van der Waals surface area (Å²) in [7, 11) is 2.14. The molecule has 1 atom stereocenters. The number of carbonyl (C=O) groups is 1. The van der Waals surface area contributed by atoms with Crippen molar-refractivity contribution in [2.24, 2.45) is 11.7 Å². The van der Waals surface area contributed by atoms with E-state index in [2.05, 4.69) is 17.3 Å². The maximum Gasteiger partial charge on any atom is 0.234 e. The van der Waals surface area contributed by atoms with Gasteiger partial charge in [-0.15, -0.1) is 0 Å². The molecule has 1 aliphatic carbocycles. The molecule has 100 valence electrons. The van der Waals surface area contributed by atoms with Gasteiger partial charge >= 0.3 is 0 Å². The van der Waals surface area contributed by atoms with Crippen LogP contribution in [0.3, 0.4) is 0 Å². The summed E-state index contributed by atoms with van der Waals surface area (Å²) < 4.78 is 0. The summed E-state index contributed by atoms with van der Waals surface area (Å²) in [6.45, 7) is 4.90. The summed E-state index contributed by atoms with van der Waals surface area (Å²) in [6.07, 6.45) is 6.33. The van der Waals surface area contributed by atoms with Gasteiger partial charge in [-0.05, 0) is 45.3 Å². The van der Waals surface area contributed by atoms with E-state index in [1.54, 1.807) is 0 Å². The Morgan fingerprint density at radius 3 is 2.65 bits per heavy atom. The Morgan fingerprint density at radius 1 is 1.47 bits per heavy atom. The number of primary amides is 1. The van der Waals surface area contributed by atoms with Gasteiger partial charge in [-0.25, -0.2) is 0 Å². The zero-order valence-electron chi connectivity index (χ0n) is 11.2. The van der Waals surface area contributed by atoms with E-state index in [9.17, 15) is 4.79 Å². The van der Waals surface area contributed by atoms with Crippen LogP contribution in [0.1, 0.15) is 39.0 Å². The van der Waals surface area contributed by atoms with E-state index in [0.29, 0.717) is 0 Å². The minimum atomic E-state index is -0.235. The summed E-state index contributed by atoms with van der Waals surface area (Å²) in [4.78, 5) is 13.5. The standard InChI is InChI=1S/C13H27N3O/c1-3-15-12(13(14)17)8-9-16(2)10-11-6-4-5-7-11/h11-12,15H,3-10H2,1-2H3,(H2,14,17). The van der Waals surface area contributed by atoms with Gasteiger partial charge in [0.2, 0.25) is 5.91 Å². The molecule has 0 aliphatic heterocycles. The summed E-state index contributed by atoms with van der Waals surface area (Å²) in [6, 6.07) is -0.175. The number of rotatable bonds is 8. The van der Waals surface area contributed by atoms with Crippen LogP contribution < -0.4 is 11.1 Å². The first-order valence-electron chi connectivity index (χ1n) is 6.84. The van der Waals surface area contributed by atoms with Crippen LogP contribution in [0.4, 0.5) is 0 Å². The number of nitrogens with two attached hydrogens (primary N) is 1. The summed E-state index contributed by atoms with van der Waals surface area (Å²) in [5.41, 5.74) is 5.35. The lowest BCUT2D eigenvalue weighted by Crippen LogP contribution is -2.43. The first-order chi connectivity index (χ1) is 8.13. The van der Waals surface area contributed by atoms with Crippen LogP contribution in [0.5, 0.6) is 0 Å². The SMILES string of the molecule is CCNC(CCN(C)CC1CCCC1)C(N)=O. The number of hydrogen-bond acceptors (Lipinski definition) is 3. The molecule has 1 aliphatic rings. The Labute approximate surface area is 105 Å². The van der Waals surface area contributed by atoms with Crippen molar-refractivity contribution in [1.82, 2.24) is 10.2 Å². The summed E-state index contributed by atoms with van der Waals surface area (Å²) in [5, 5.41) is 3.13. The number of amides is 1. The predicted molar refractivity (Wildman–Crippen MR) is 70.7 cm³/mol. The Bertz CT molecular complexity index is 227. The number of nitrogens with one attached hydrogen (secondary N) is 1. The largest absolute Gasteiger partial charge is 0.368 e. The molecule has 3 N–H and O–H groups in total. The molecular formula is C13H27N3O. The second-order valence-corrected chi connectivity index (χ2v) is 5.21. The lowest BCUT2D eigenvalue weighted by Gasteiger charge is -2.23. The Morgan fingerprint density at radius 2 is 2.12 bits per heavy atom. The lowest BCUT2D eigenvalue weighted by molar-refractivity contribution is -0.120. The molecule has 0 aromatic heterocycles. The van der Waals surface area contributed by atoms with Gasteiger partial charge in [0.15, 0.2) is 0 Å². The average molecular weight is 241 g/mol. The zero-order chi connectivity index (χ0) is 12.7. The van der Waals surface area contributed by atoms with Crippen LogP contribution in [-0.4, -0.2) is 43.5 Å². The summed E-state index contributed by atoms with van der Waals surface area (Å²) in [5.74, 6) is 0.632. The van der Waals surface area contributed by atoms with Crippen molar-refractivity contribution in [2.45, 2.75) is 45.1 Å². The molecule has 0 heterocycles. The molecule has 0 aromatic carbocycles. The van der Waals surface area contributed by atoms with Crippen LogP contribution in [0.2, 0.25) is 0 Å². The third-order valence-corrected chi connectivity index (χ3v) is 3.64. The summed E-state index contributed by atoms with van der Waals surface area (Å²) >= 11 is 0. The Kier molecular flexibility index (Phi) is 6.52. The second kappa shape index (κ2) is 7.67. The van der Waals surface area contributed by atoms with Gasteiger partial charge in [0.25, 0.3) is 0 Å². The van der Waals surface area contributed by atoms with Gasteiger partial charge in [0, 0.05) is 6.54 Å². The molecule has 4 nitrogen and oxygen atoms in total. The van der Waals surface area contributed by atoms with E-state index in [0.717, 1.165) is 32.0 Å². The fourth-order valence-electron chi connectivity index (χ4n) is 2.67.